The predicted molar refractivity (Wildman–Crippen MR) is 148 cm³/mol. The van der Waals surface area contributed by atoms with Crippen molar-refractivity contribution in [3.63, 3.8) is 0 Å². The Labute approximate surface area is 202 Å². The van der Waals surface area contributed by atoms with Gasteiger partial charge in [0.25, 0.3) is 0 Å². The highest BCUT2D eigenvalue weighted by Gasteiger charge is 2.13. The Morgan fingerprint density at radius 1 is 0.382 bits per heavy atom. The lowest BCUT2D eigenvalue weighted by molar-refractivity contribution is 1.32. The Morgan fingerprint density at radius 2 is 0.765 bits per heavy atom. The Morgan fingerprint density at radius 3 is 1.18 bits per heavy atom. The van der Waals surface area contributed by atoms with Crippen LogP contribution in [0.25, 0.3) is 43.1 Å². The molecule has 1 N–H and O–H groups in total. The van der Waals surface area contributed by atoms with Gasteiger partial charge in [-0.3, -0.25) is 0 Å². The maximum Gasteiger partial charge on any atom is 0.0526 e. The number of anilines is 2. The van der Waals surface area contributed by atoms with Crippen molar-refractivity contribution < 1.29 is 0 Å². The molecule has 160 valence electrons. The second kappa shape index (κ2) is 7.79. The summed E-state index contributed by atoms with van der Waals surface area (Å²) in [4.78, 5) is 2.59. The molecular weight excluding hydrogens is 430 g/mol. The van der Waals surface area contributed by atoms with Crippen LogP contribution in [-0.2, 0) is 0 Å². The van der Waals surface area contributed by atoms with Crippen molar-refractivity contribution in [3.8, 4) is 0 Å². The minimum Gasteiger partial charge on any atom is -0.354 e. The molecular formula is C32H21NS. The van der Waals surface area contributed by atoms with Crippen molar-refractivity contribution in [2.75, 3.05) is 5.32 Å². The van der Waals surface area contributed by atoms with E-state index in [-0.39, 0.29) is 0 Å². The number of rotatable bonds is 0. The molecule has 7 aromatic rings. The van der Waals surface area contributed by atoms with Gasteiger partial charge in [-0.05, 0) is 67.4 Å². The van der Waals surface area contributed by atoms with Gasteiger partial charge in [0, 0.05) is 9.79 Å². The van der Waals surface area contributed by atoms with Gasteiger partial charge >= 0.3 is 0 Å². The van der Waals surface area contributed by atoms with Crippen molar-refractivity contribution in [1.82, 2.24) is 0 Å². The van der Waals surface area contributed by atoms with Gasteiger partial charge in [0.1, 0.15) is 0 Å². The molecule has 0 amide bonds. The first-order chi connectivity index (χ1) is 16.9. The average molecular weight is 452 g/mol. The molecule has 8 rings (SSSR count). The third kappa shape index (κ3) is 3.03. The van der Waals surface area contributed by atoms with E-state index in [1.165, 1.54) is 64.3 Å². The average Bonchev–Trinajstić information content (AvgIpc) is 2.90. The first kappa shape index (κ1) is 19.5. The molecule has 1 aliphatic rings. The molecule has 0 radical (unpaired) electrons. The van der Waals surface area contributed by atoms with Gasteiger partial charge in [0.05, 0.1) is 11.4 Å². The zero-order valence-electron chi connectivity index (χ0n) is 18.5. The second-order valence-electron chi connectivity index (χ2n) is 8.64. The summed E-state index contributed by atoms with van der Waals surface area (Å²) in [5, 5.41) is 14.3. The Balaban J connectivity index is 0.000000126. The highest BCUT2D eigenvalue weighted by molar-refractivity contribution is 7.99. The van der Waals surface area contributed by atoms with Crippen LogP contribution in [0.1, 0.15) is 0 Å². The molecule has 0 aromatic heterocycles. The number of fused-ring (bicyclic) bond motifs is 4. The highest BCUT2D eigenvalue weighted by Crippen LogP contribution is 2.43. The Kier molecular flexibility index (Phi) is 4.46. The van der Waals surface area contributed by atoms with E-state index in [0.29, 0.717) is 0 Å². The van der Waals surface area contributed by atoms with Gasteiger partial charge in [0.2, 0.25) is 0 Å². The third-order valence-corrected chi connectivity index (χ3v) is 7.80. The summed E-state index contributed by atoms with van der Waals surface area (Å²) in [5.41, 5.74) is 2.41. The third-order valence-electron chi connectivity index (χ3n) is 6.65. The van der Waals surface area contributed by atoms with Crippen LogP contribution in [0.5, 0.6) is 0 Å². The minimum atomic E-state index is 1.20. The van der Waals surface area contributed by atoms with E-state index in [4.69, 9.17) is 0 Å². The molecule has 1 heterocycles. The van der Waals surface area contributed by atoms with Crippen molar-refractivity contribution in [1.29, 1.82) is 0 Å². The van der Waals surface area contributed by atoms with Gasteiger partial charge in [-0.1, -0.05) is 109 Å². The summed E-state index contributed by atoms with van der Waals surface area (Å²) in [7, 11) is 0. The summed E-state index contributed by atoms with van der Waals surface area (Å²) < 4.78 is 0. The maximum atomic E-state index is 3.42. The van der Waals surface area contributed by atoms with E-state index in [9.17, 15) is 0 Å². The quantitative estimate of drug-likeness (QED) is 0.182. The van der Waals surface area contributed by atoms with E-state index in [1.807, 2.05) is 11.8 Å². The molecule has 7 aromatic carbocycles. The van der Waals surface area contributed by atoms with Crippen LogP contribution in [0.2, 0.25) is 0 Å². The molecule has 0 aliphatic carbocycles. The van der Waals surface area contributed by atoms with Crippen LogP contribution in [0.3, 0.4) is 0 Å². The van der Waals surface area contributed by atoms with Gasteiger partial charge in [0.15, 0.2) is 0 Å². The van der Waals surface area contributed by atoms with E-state index < -0.39 is 0 Å². The smallest absolute Gasteiger partial charge is 0.0526 e. The second-order valence-corrected chi connectivity index (χ2v) is 9.72. The molecule has 0 bridgehead atoms. The number of hydrogen-bond donors (Lipinski definition) is 1. The summed E-state index contributed by atoms with van der Waals surface area (Å²) in [6.45, 7) is 0. The van der Waals surface area contributed by atoms with Crippen LogP contribution in [0.4, 0.5) is 11.4 Å². The number of hydrogen-bond acceptors (Lipinski definition) is 2. The molecule has 0 fully saturated rings. The fraction of sp³-hybridized carbons (Fsp3) is 0. The number of para-hydroxylation sites is 2. The molecule has 0 spiro atoms. The summed E-state index contributed by atoms with van der Waals surface area (Å²) in [6, 6.07) is 43.2. The zero-order chi connectivity index (χ0) is 22.5. The molecule has 0 unspecified atom stereocenters. The van der Waals surface area contributed by atoms with Gasteiger partial charge in [-0.2, -0.15) is 0 Å². The van der Waals surface area contributed by atoms with Crippen molar-refractivity contribution in [2.45, 2.75) is 9.79 Å². The topological polar surface area (TPSA) is 12.0 Å². The van der Waals surface area contributed by atoms with Crippen molar-refractivity contribution in [2.24, 2.45) is 0 Å². The summed E-state index contributed by atoms with van der Waals surface area (Å²) in [6.07, 6.45) is 0. The Bertz CT molecular complexity index is 1560. The molecule has 0 atom stereocenters. The van der Waals surface area contributed by atoms with E-state index in [2.05, 4.69) is 127 Å². The summed E-state index contributed by atoms with van der Waals surface area (Å²) in [5.74, 6) is 0. The van der Waals surface area contributed by atoms with Crippen LogP contribution < -0.4 is 5.32 Å². The molecule has 1 nitrogen and oxygen atoms in total. The lowest BCUT2D eigenvalue weighted by atomic mass is 9.90. The van der Waals surface area contributed by atoms with Gasteiger partial charge in [-0.15, -0.1) is 0 Å². The minimum absolute atomic E-state index is 1.20. The van der Waals surface area contributed by atoms with E-state index in [0.717, 1.165) is 0 Å². The summed E-state index contributed by atoms with van der Waals surface area (Å²) >= 11 is 1.82. The SMILES string of the molecule is c1cc2cccc3c4cccc5cccc(c(c1)c23)c54.c1ccc2c(c1)Nc1ccccc1S2. The first-order valence-corrected chi connectivity index (χ1v) is 12.4. The molecule has 1 aliphatic heterocycles. The van der Waals surface area contributed by atoms with Crippen LogP contribution in [0.15, 0.2) is 131 Å². The highest BCUT2D eigenvalue weighted by atomic mass is 32.2. The lowest BCUT2D eigenvalue weighted by Gasteiger charge is -2.19. The van der Waals surface area contributed by atoms with Crippen molar-refractivity contribution >= 4 is 66.2 Å². The van der Waals surface area contributed by atoms with Gasteiger partial charge < -0.3 is 5.32 Å². The fourth-order valence-electron chi connectivity index (χ4n) is 5.16. The fourth-order valence-corrected chi connectivity index (χ4v) is 6.15. The van der Waals surface area contributed by atoms with E-state index >= 15 is 0 Å². The van der Waals surface area contributed by atoms with Crippen LogP contribution in [-0.4, -0.2) is 0 Å². The Hall–Kier alpha value is -4.01. The zero-order valence-corrected chi connectivity index (χ0v) is 19.3. The van der Waals surface area contributed by atoms with Gasteiger partial charge in [-0.25, -0.2) is 0 Å². The van der Waals surface area contributed by atoms with Crippen LogP contribution >= 0.6 is 11.8 Å². The molecule has 34 heavy (non-hydrogen) atoms. The number of benzene rings is 7. The molecule has 2 heteroatoms. The number of nitrogens with one attached hydrogen (secondary N) is 1. The normalized spacial score (nSPS) is 12.2. The standard InChI is InChI=1S/C20H12.C12H9NS/c1-5-13-6-2-11-17-18-12-4-8-14-7-3-10-16(20(14)18)15(9-1)19(13)17;1-3-7-11-9(5-1)13-10-6-2-4-8-12(10)14-11/h1-12H;1-8,13H. The largest absolute Gasteiger partial charge is 0.354 e. The van der Waals surface area contributed by atoms with Crippen molar-refractivity contribution in [3.05, 3.63) is 121 Å². The van der Waals surface area contributed by atoms with E-state index in [1.54, 1.807) is 0 Å². The van der Waals surface area contributed by atoms with Crippen LogP contribution in [0, 0.1) is 0 Å². The maximum absolute atomic E-state index is 3.42. The first-order valence-electron chi connectivity index (χ1n) is 11.5. The monoisotopic (exact) mass is 451 g/mol. The molecule has 0 saturated heterocycles. The molecule has 0 saturated carbocycles. The predicted octanol–water partition coefficient (Wildman–Crippen LogP) is 9.63. The lowest BCUT2D eigenvalue weighted by Crippen LogP contribution is -1.98.